The Labute approximate surface area is 146 Å². The number of aliphatic hydroxyl groups is 1. The molecule has 24 heavy (non-hydrogen) atoms. The highest BCUT2D eigenvalue weighted by Gasteiger charge is 2.30. The van der Waals surface area contributed by atoms with Crippen LogP contribution in [0.1, 0.15) is 17.8 Å². The van der Waals surface area contributed by atoms with Gasteiger partial charge in [0.25, 0.3) is 0 Å². The Bertz CT molecular complexity index is 712. The van der Waals surface area contributed by atoms with E-state index in [1.807, 2.05) is 48.5 Å². The predicted molar refractivity (Wildman–Crippen MR) is 97.1 cm³/mol. The number of likely N-dealkylation sites (N-methyl/N-ethyl adjacent to an activating group) is 1. The third kappa shape index (κ3) is 4.63. The van der Waals surface area contributed by atoms with Gasteiger partial charge in [-0.1, -0.05) is 12.1 Å². The number of benzene rings is 1. The SMILES string of the molecule is Cc1nc(-c2cccc(NC(=O)CN(C)CC(O)C3CC3)c2)cs1. The molecule has 2 aromatic rings. The molecule has 5 nitrogen and oxygen atoms in total. The molecule has 0 aliphatic heterocycles. The standard InChI is InChI=1S/C18H23N3O2S/c1-12-19-16(11-24-12)14-4-3-5-15(8-14)20-18(23)10-21(2)9-17(22)13-6-7-13/h3-5,8,11,13,17,22H,6-7,9-10H2,1-2H3,(H,20,23). The number of carbonyl (C=O) groups is 1. The predicted octanol–water partition coefficient (Wildman–Crippen LogP) is 2.76. The van der Waals surface area contributed by atoms with Gasteiger partial charge in [-0.05, 0) is 44.9 Å². The minimum absolute atomic E-state index is 0.0768. The zero-order chi connectivity index (χ0) is 17.1. The van der Waals surface area contributed by atoms with Gasteiger partial charge in [0.2, 0.25) is 5.91 Å². The van der Waals surface area contributed by atoms with Crippen molar-refractivity contribution in [2.75, 3.05) is 25.5 Å². The Morgan fingerprint density at radius 1 is 1.50 bits per heavy atom. The lowest BCUT2D eigenvalue weighted by Crippen LogP contribution is -2.36. The van der Waals surface area contributed by atoms with Crippen LogP contribution in [-0.2, 0) is 4.79 Å². The summed E-state index contributed by atoms with van der Waals surface area (Å²) in [6.07, 6.45) is 1.88. The Morgan fingerprint density at radius 3 is 2.96 bits per heavy atom. The first-order valence-electron chi connectivity index (χ1n) is 8.20. The van der Waals surface area contributed by atoms with Gasteiger partial charge in [0.05, 0.1) is 23.4 Å². The van der Waals surface area contributed by atoms with Crippen molar-refractivity contribution in [2.24, 2.45) is 5.92 Å². The highest BCUT2D eigenvalue weighted by molar-refractivity contribution is 7.09. The van der Waals surface area contributed by atoms with E-state index in [1.54, 1.807) is 11.3 Å². The number of rotatable bonds is 7. The summed E-state index contributed by atoms with van der Waals surface area (Å²) in [6.45, 7) is 2.78. The second kappa shape index (κ2) is 7.42. The molecule has 6 heteroatoms. The van der Waals surface area contributed by atoms with Gasteiger partial charge in [-0.2, -0.15) is 0 Å². The van der Waals surface area contributed by atoms with Gasteiger partial charge in [-0.3, -0.25) is 9.69 Å². The number of aromatic nitrogens is 1. The van der Waals surface area contributed by atoms with E-state index >= 15 is 0 Å². The van der Waals surface area contributed by atoms with Gasteiger partial charge in [0.15, 0.2) is 0 Å². The zero-order valence-electron chi connectivity index (χ0n) is 14.0. The van der Waals surface area contributed by atoms with Crippen molar-refractivity contribution in [1.82, 2.24) is 9.88 Å². The molecule has 1 aromatic carbocycles. The first-order chi connectivity index (χ1) is 11.5. The van der Waals surface area contributed by atoms with E-state index in [9.17, 15) is 9.90 Å². The van der Waals surface area contributed by atoms with Gasteiger partial charge in [-0.15, -0.1) is 11.3 Å². The number of nitrogens with zero attached hydrogens (tertiary/aromatic N) is 2. The van der Waals surface area contributed by atoms with E-state index < -0.39 is 0 Å². The summed E-state index contributed by atoms with van der Waals surface area (Å²) < 4.78 is 0. The second-order valence-corrected chi connectivity index (χ2v) is 7.54. The van der Waals surface area contributed by atoms with Crippen LogP contribution in [0.5, 0.6) is 0 Å². The average Bonchev–Trinajstić information content (AvgIpc) is 3.29. The van der Waals surface area contributed by atoms with E-state index in [-0.39, 0.29) is 18.6 Å². The lowest BCUT2D eigenvalue weighted by molar-refractivity contribution is -0.117. The Kier molecular flexibility index (Phi) is 5.28. The fraction of sp³-hybridized carbons (Fsp3) is 0.444. The number of nitrogens with one attached hydrogen (secondary N) is 1. The van der Waals surface area contributed by atoms with E-state index in [2.05, 4.69) is 10.3 Å². The molecular formula is C18H23N3O2S. The molecular weight excluding hydrogens is 322 g/mol. The smallest absolute Gasteiger partial charge is 0.238 e. The van der Waals surface area contributed by atoms with Gasteiger partial charge < -0.3 is 10.4 Å². The molecule has 0 saturated heterocycles. The van der Waals surface area contributed by atoms with Crippen LogP contribution >= 0.6 is 11.3 Å². The average molecular weight is 345 g/mol. The van der Waals surface area contributed by atoms with E-state index in [0.717, 1.165) is 34.8 Å². The van der Waals surface area contributed by atoms with Crippen LogP contribution < -0.4 is 5.32 Å². The van der Waals surface area contributed by atoms with Gasteiger partial charge in [0, 0.05) is 23.2 Å². The van der Waals surface area contributed by atoms with E-state index in [0.29, 0.717) is 12.5 Å². The number of carbonyl (C=O) groups excluding carboxylic acids is 1. The van der Waals surface area contributed by atoms with Gasteiger partial charge in [-0.25, -0.2) is 4.98 Å². The molecule has 1 unspecified atom stereocenters. The molecule has 1 heterocycles. The summed E-state index contributed by atoms with van der Waals surface area (Å²) in [6, 6.07) is 7.72. The van der Waals surface area contributed by atoms with Crippen LogP contribution in [0.25, 0.3) is 11.3 Å². The molecule has 1 aliphatic carbocycles. The van der Waals surface area contributed by atoms with Crippen LogP contribution in [0.3, 0.4) is 0 Å². The monoisotopic (exact) mass is 345 g/mol. The van der Waals surface area contributed by atoms with Crippen molar-refractivity contribution < 1.29 is 9.90 Å². The van der Waals surface area contributed by atoms with Crippen LogP contribution in [0.15, 0.2) is 29.6 Å². The summed E-state index contributed by atoms with van der Waals surface area (Å²) in [4.78, 5) is 18.5. The summed E-state index contributed by atoms with van der Waals surface area (Å²) in [5.41, 5.74) is 2.69. The molecule has 128 valence electrons. The largest absolute Gasteiger partial charge is 0.392 e. The third-order valence-electron chi connectivity index (χ3n) is 4.14. The third-order valence-corrected chi connectivity index (χ3v) is 4.91. The van der Waals surface area contributed by atoms with Crippen molar-refractivity contribution in [1.29, 1.82) is 0 Å². The Hall–Kier alpha value is -1.76. The molecule has 0 bridgehead atoms. The molecule has 3 rings (SSSR count). The number of thiazole rings is 1. The van der Waals surface area contributed by atoms with Crippen LogP contribution in [0.2, 0.25) is 0 Å². The molecule has 1 fully saturated rings. The maximum absolute atomic E-state index is 12.2. The zero-order valence-corrected chi connectivity index (χ0v) is 14.8. The quantitative estimate of drug-likeness (QED) is 0.810. The number of hydrogen-bond donors (Lipinski definition) is 2. The number of aliphatic hydroxyl groups excluding tert-OH is 1. The van der Waals surface area contributed by atoms with E-state index in [4.69, 9.17) is 0 Å². The van der Waals surface area contributed by atoms with Crippen molar-refractivity contribution in [3.05, 3.63) is 34.7 Å². The minimum Gasteiger partial charge on any atom is -0.392 e. The molecule has 0 radical (unpaired) electrons. The number of amides is 1. The first-order valence-corrected chi connectivity index (χ1v) is 9.08. The Morgan fingerprint density at radius 2 is 2.29 bits per heavy atom. The normalized spacial score (nSPS) is 15.5. The fourth-order valence-electron chi connectivity index (χ4n) is 2.71. The van der Waals surface area contributed by atoms with Crippen molar-refractivity contribution in [2.45, 2.75) is 25.9 Å². The van der Waals surface area contributed by atoms with Crippen molar-refractivity contribution >= 4 is 22.9 Å². The second-order valence-electron chi connectivity index (χ2n) is 6.48. The maximum Gasteiger partial charge on any atom is 0.238 e. The number of anilines is 1. The lowest BCUT2D eigenvalue weighted by atomic mass is 10.1. The number of aryl methyl sites for hydroxylation is 1. The van der Waals surface area contributed by atoms with E-state index in [1.165, 1.54) is 0 Å². The summed E-state index contributed by atoms with van der Waals surface area (Å²) in [5.74, 6) is 0.348. The number of hydrogen-bond acceptors (Lipinski definition) is 5. The highest BCUT2D eigenvalue weighted by Crippen LogP contribution is 2.32. The molecule has 1 amide bonds. The Balaban J connectivity index is 1.56. The molecule has 1 saturated carbocycles. The molecule has 1 aromatic heterocycles. The van der Waals surface area contributed by atoms with Gasteiger partial charge in [0.1, 0.15) is 0 Å². The van der Waals surface area contributed by atoms with Crippen LogP contribution in [0.4, 0.5) is 5.69 Å². The lowest BCUT2D eigenvalue weighted by Gasteiger charge is -2.19. The summed E-state index contributed by atoms with van der Waals surface area (Å²) in [7, 11) is 1.86. The molecule has 2 N–H and O–H groups in total. The van der Waals surface area contributed by atoms with Crippen molar-refractivity contribution in [3.8, 4) is 11.3 Å². The molecule has 0 spiro atoms. The topological polar surface area (TPSA) is 65.5 Å². The van der Waals surface area contributed by atoms with Crippen LogP contribution in [0, 0.1) is 12.8 Å². The molecule has 1 atom stereocenters. The van der Waals surface area contributed by atoms with Crippen LogP contribution in [-0.4, -0.2) is 47.1 Å². The summed E-state index contributed by atoms with van der Waals surface area (Å²) in [5, 5.41) is 15.9. The maximum atomic E-state index is 12.2. The van der Waals surface area contributed by atoms with Gasteiger partial charge >= 0.3 is 0 Å². The van der Waals surface area contributed by atoms with Crippen molar-refractivity contribution in [3.63, 3.8) is 0 Å². The first kappa shape index (κ1) is 17.1. The highest BCUT2D eigenvalue weighted by atomic mass is 32.1. The fourth-order valence-corrected chi connectivity index (χ4v) is 3.33. The minimum atomic E-state index is -0.320. The summed E-state index contributed by atoms with van der Waals surface area (Å²) >= 11 is 1.61. The molecule has 1 aliphatic rings.